The van der Waals surface area contributed by atoms with Crippen LogP contribution in [0.2, 0.25) is 0 Å². The van der Waals surface area contributed by atoms with Crippen LogP contribution in [0, 0.1) is 6.92 Å². The first kappa shape index (κ1) is 18.1. The van der Waals surface area contributed by atoms with Gasteiger partial charge in [-0.15, -0.1) is 23.1 Å². The monoisotopic (exact) mass is 377 g/mol. The number of hydrogen-bond donors (Lipinski definition) is 0. The molecule has 1 aliphatic heterocycles. The Morgan fingerprint density at radius 1 is 1.28 bits per heavy atom. The number of thioether (sulfide) groups is 1. The van der Waals surface area contributed by atoms with E-state index >= 15 is 0 Å². The highest BCUT2D eigenvalue weighted by atomic mass is 32.2. The average Bonchev–Trinajstić information content (AvgIpc) is 3.28. The van der Waals surface area contributed by atoms with Crippen LogP contribution < -0.4 is 9.47 Å². The second-order valence-electron chi connectivity index (χ2n) is 5.94. The summed E-state index contributed by atoms with van der Waals surface area (Å²) in [5.41, 5.74) is 2.28. The minimum atomic E-state index is -0.0121. The van der Waals surface area contributed by atoms with Gasteiger partial charge < -0.3 is 14.4 Å². The number of nitrogens with zero attached hydrogens (tertiary/aromatic N) is 1. The topological polar surface area (TPSA) is 38.8 Å². The predicted octanol–water partition coefficient (Wildman–Crippen LogP) is 4.28. The molecule has 0 aliphatic carbocycles. The standard InChI is InChI=1S/C19H23NO3S2/c1-13-8-10-24-17(13)6-7-18(21)20-9-11-25-19(20)15-12-14(22-2)4-5-16(15)23-3/h4-5,8,10,12,19H,6-7,9,11H2,1-3H3. The number of amides is 1. The van der Waals surface area contributed by atoms with E-state index < -0.39 is 0 Å². The van der Waals surface area contributed by atoms with Crippen molar-refractivity contribution in [3.05, 3.63) is 45.6 Å². The minimum Gasteiger partial charge on any atom is -0.497 e. The van der Waals surface area contributed by atoms with Crippen molar-refractivity contribution in [3.8, 4) is 11.5 Å². The zero-order valence-electron chi connectivity index (χ0n) is 14.8. The third-order valence-corrected chi connectivity index (χ3v) is 6.77. The summed E-state index contributed by atoms with van der Waals surface area (Å²) in [4.78, 5) is 16.1. The Morgan fingerprint density at radius 3 is 2.80 bits per heavy atom. The van der Waals surface area contributed by atoms with Crippen molar-refractivity contribution < 1.29 is 14.3 Å². The molecule has 1 fully saturated rings. The smallest absolute Gasteiger partial charge is 0.224 e. The molecule has 0 N–H and O–H groups in total. The van der Waals surface area contributed by atoms with Crippen LogP contribution in [0.3, 0.4) is 0 Å². The van der Waals surface area contributed by atoms with Gasteiger partial charge in [-0.2, -0.15) is 0 Å². The molecule has 1 amide bonds. The van der Waals surface area contributed by atoms with Crippen molar-refractivity contribution >= 4 is 29.0 Å². The zero-order chi connectivity index (χ0) is 17.8. The van der Waals surface area contributed by atoms with E-state index in [-0.39, 0.29) is 11.3 Å². The first-order valence-electron chi connectivity index (χ1n) is 8.30. The lowest BCUT2D eigenvalue weighted by molar-refractivity contribution is -0.131. The molecular formula is C19H23NO3S2. The van der Waals surface area contributed by atoms with E-state index in [4.69, 9.17) is 9.47 Å². The third kappa shape index (κ3) is 3.96. The highest BCUT2D eigenvalue weighted by Crippen LogP contribution is 2.43. The van der Waals surface area contributed by atoms with Gasteiger partial charge >= 0.3 is 0 Å². The molecule has 3 rings (SSSR count). The maximum Gasteiger partial charge on any atom is 0.224 e. The number of thiophene rings is 1. The van der Waals surface area contributed by atoms with E-state index in [9.17, 15) is 4.79 Å². The Kier molecular flexibility index (Phi) is 5.91. The number of hydrogen-bond acceptors (Lipinski definition) is 5. The summed E-state index contributed by atoms with van der Waals surface area (Å²) in [6, 6.07) is 7.88. The lowest BCUT2D eigenvalue weighted by Gasteiger charge is -2.26. The molecule has 0 radical (unpaired) electrons. The molecule has 0 saturated carbocycles. The number of benzene rings is 1. The van der Waals surface area contributed by atoms with Gasteiger partial charge in [-0.3, -0.25) is 4.79 Å². The first-order valence-corrected chi connectivity index (χ1v) is 10.2. The summed E-state index contributed by atoms with van der Waals surface area (Å²) in [5, 5.41) is 2.08. The second-order valence-corrected chi connectivity index (χ2v) is 8.13. The molecule has 2 aromatic rings. The van der Waals surface area contributed by atoms with Crippen molar-refractivity contribution in [1.82, 2.24) is 4.90 Å². The third-order valence-electron chi connectivity index (χ3n) is 4.45. The van der Waals surface area contributed by atoms with Crippen molar-refractivity contribution in [1.29, 1.82) is 0 Å². The van der Waals surface area contributed by atoms with Crippen LogP contribution in [0.4, 0.5) is 0 Å². The van der Waals surface area contributed by atoms with Crippen molar-refractivity contribution in [2.75, 3.05) is 26.5 Å². The highest BCUT2D eigenvalue weighted by molar-refractivity contribution is 7.99. The summed E-state index contributed by atoms with van der Waals surface area (Å²) in [5.74, 6) is 2.72. The lowest BCUT2D eigenvalue weighted by atomic mass is 10.1. The van der Waals surface area contributed by atoms with Crippen LogP contribution in [-0.4, -0.2) is 37.3 Å². The molecule has 1 saturated heterocycles. The van der Waals surface area contributed by atoms with E-state index in [1.165, 1.54) is 10.4 Å². The molecule has 2 heterocycles. The predicted molar refractivity (Wildman–Crippen MR) is 104 cm³/mol. The molecule has 1 unspecified atom stereocenters. The fourth-order valence-corrected chi connectivity index (χ4v) is 5.24. The number of carbonyl (C=O) groups is 1. The fourth-order valence-electron chi connectivity index (χ4n) is 3.04. The fraction of sp³-hybridized carbons (Fsp3) is 0.421. The van der Waals surface area contributed by atoms with E-state index in [2.05, 4.69) is 18.4 Å². The normalized spacial score (nSPS) is 16.9. The van der Waals surface area contributed by atoms with Crippen LogP contribution >= 0.6 is 23.1 Å². The SMILES string of the molecule is COc1ccc(OC)c(C2SCCN2C(=O)CCc2sccc2C)c1. The molecular weight excluding hydrogens is 354 g/mol. The zero-order valence-corrected chi connectivity index (χ0v) is 16.4. The van der Waals surface area contributed by atoms with Gasteiger partial charge in [0.1, 0.15) is 16.9 Å². The maximum atomic E-state index is 12.8. The van der Waals surface area contributed by atoms with Crippen LogP contribution in [0.5, 0.6) is 11.5 Å². The van der Waals surface area contributed by atoms with E-state index in [0.717, 1.165) is 35.8 Å². The van der Waals surface area contributed by atoms with Crippen molar-refractivity contribution in [3.63, 3.8) is 0 Å². The molecule has 1 atom stereocenters. The van der Waals surface area contributed by atoms with Crippen molar-refractivity contribution in [2.45, 2.75) is 25.1 Å². The van der Waals surface area contributed by atoms with Crippen LogP contribution in [0.25, 0.3) is 0 Å². The molecule has 1 aliphatic rings. The van der Waals surface area contributed by atoms with Gasteiger partial charge in [0.15, 0.2) is 0 Å². The number of methoxy groups -OCH3 is 2. The van der Waals surface area contributed by atoms with Crippen LogP contribution in [0.1, 0.15) is 27.8 Å². The molecule has 0 spiro atoms. The van der Waals surface area contributed by atoms with Crippen molar-refractivity contribution in [2.24, 2.45) is 0 Å². The summed E-state index contributed by atoms with van der Waals surface area (Å²) < 4.78 is 10.9. The number of ether oxygens (including phenoxy) is 2. The Balaban J connectivity index is 1.76. The van der Waals surface area contributed by atoms with E-state index in [1.54, 1.807) is 37.3 Å². The minimum absolute atomic E-state index is 0.0121. The second kappa shape index (κ2) is 8.15. The van der Waals surface area contributed by atoms with Gasteiger partial charge in [-0.05, 0) is 48.6 Å². The number of rotatable bonds is 6. The van der Waals surface area contributed by atoms with Crippen LogP contribution in [-0.2, 0) is 11.2 Å². The van der Waals surface area contributed by atoms with Gasteiger partial charge in [0.25, 0.3) is 0 Å². The Bertz CT molecular complexity index is 744. The van der Waals surface area contributed by atoms with Gasteiger partial charge in [0, 0.05) is 29.2 Å². The Morgan fingerprint density at radius 2 is 2.12 bits per heavy atom. The average molecular weight is 378 g/mol. The van der Waals surface area contributed by atoms with Crippen LogP contribution in [0.15, 0.2) is 29.6 Å². The molecule has 6 heteroatoms. The molecule has 134 valence electrons. The maximum absolute atomic E-state index is 12.8. The van der Waals surface area contributed by atoms with Gasteiger partial charge in [-0.25, -0.2) is 0 Å². The molecule has 4 nitrogen and oxygen atoms in total. The summed E-state index contributed by atoms with van der Waals surface area (Å²) >= 11 is 3.51. The number of aryl methyl sites for hydroxylation is 2. The summed E-state index contributed by atoms with van der Waals surface area (Å²) in [7, 11) is 3.32. The van der Waals surface area contributed by atoms with Gasteiger partial charge in [0.2, 0.25) is 5.91 Å². The molecule has 1 aromatic heterocycles. The van der Waals surface area contributed by atoms with E-state index in [1.807, 2.05) is 23.1 Å². The Hall–Kier alpha value is -1.66. The van der Waals surface area contributed by atoms with E-state index in [0.29, 0.717) is 6.42 Å². The molecule has 25 heavy (non-hydrogen) atoms. The number of carbonyl (C=O) groups excluding carboxylic acids is 1. The summed E-state index contributed by atoms with van der Waals surface area (Å²) in [6.45, 7) is 2.88. The highest BCUT2D eigenvalue weighted by Gasteiger charge is 2.32. The molecule has 1 aromatic carbocycles. The molecule has 0 bridgehead atoms. The Labute approximate surface area is 157 Å². The first-order chi connectivity index (χ1) is 12.1. The van der Waals surface area contributed by atoms with Gasteiger partial charge in [-0.1, -0.05) is 0 Å². The largest absolute Gasteiger partial charge is 0.497 e. The lowest BCUT2D eigenvalue weighted by Crippen LogP contribution is -2.30. The summed E-state index contributed by atoms with van der Waals surface area (Å²) in [6.07, 6.45) is 1.36. The quantitative estimate of drug-likeness (QED) is 0.753. The van der Waals surface area contributed by atoms with Gasteiger partial charge in [0.05, 0.1) is 14.2 Å².